The van der Waals surface area contributed by atoms with Crippen molar-refractivity contribution in [3.8, 4) is 11.5 Å². The van der Waals surface area contributed by atoms with Gasteiger partial charge >= 0.3 is 6.18 Å². The molecule has 6 unspecified atom stereocenters. The number of fused-ring (bicyclic) bond motifs is 4. The van der Waals surface area contributed by atoms with Crippen LogP contribution in [0.15, 0.2) is 87.5 Å². The number of ether oxygens (including phenoxy) is 1. The number of aromatic nitrogens is 1. The number of allylic oxidation sites excluding steroid dienone is 2. The largest absolute Gasteiger partial charge is 0.503 e. The number of phenols is 1. The Hall–Kier alpha value is -5.04. The SMILES string of the molecule is COc1cc(C2C3=CCC4C(=O)N(c5ccc([N+](=O)[O-])cc5)C(=O)C4C3CC3C(=O)N(Nc4ncc(C(F)(F)F)cc4Cl)C(=O)C32c2ccc(Cl)cc2)c(Br)c(Br)c1O. The second-order valence-electron chi connectivity index (χ2n) is 14.3. The Morgan fingerprint density at radius 3 is 2.27 bits per heavy atom. The van der Waals surface area contributed by atoms with Crippen molar-refractivity contribution in [1.82, 2.24) is 9.99 Å². The number of rotatable bonds is 7. The van der Waals surface area contributed by atoms with Crippen LogP contribution in [0.1, 0.15) is 35.4 Å². The number of carbonyl (C=O) groups excluding carboxylic acids is 4. The maximum atomic E-state index is 15.5. The van der Waals surface area contributed by atoms with Crippen LogP contribution in [0.2, 0.25) is 10.0 Å². The number of nitro benzene ring substituents is 1. The van der Waals surface area contributed by atoms with E-state index < -0.39 is 86.1 Å². The fraction of sp³-hybridized carbons (Fsp3) is 0.256. The zero-order valence-electron chi connectivity index (χ0n) is 30.0. The molecule has 3 fully saturated rings. The number of imide groups is 2. The molecule has 3 aromatic carbocycles. The van der Waals surface area contributed by atoms with Crippen LogP contribution < -0.4 is 15.1 Å². The van der Waals surface area contributed by atoms with Crippen LogP contribution in [0.4, 0.5) is 30.4 Å². The first kappa shape index (κ1) is 40.7. The molecule has 2 saturated heterocycles. The summed E-state index contributed by atoms with van der Waals surface area (Å²) in [4.78, 5) is 74.7. The predicted octanol–water partition coefficient (Wildman–Crippen LogP) is 8.74. The Kier molecular flexibility index (Phi) is 10.1. The monoisotopic (exact) mass is 977 g/mol. The number of anilines is 2. The van der Waals surface area contributed by atoms with E-state index in [1.807, 2.05) is 0 Å². The van der Waals surface area contributed by atoms with Crippen molar-refractivity contribution in [1.29, 1.82) is 0 Å². The molecule has 1 aromatic heterocycles. The number of phenolic OH excluding ortho intramolecular Hbond substituents is 1. The molecule has 8 rings (SSSR count). The van der Waals surface area contributed by atoms with Crippen LogP contribution in [-0.4, -0.2) is 50.8 Å². The van der Waals surface area contributed by atoms with Gasteiger partial charge in [0.25, 0.3) is 17.5 Å². The number of hydrogen-bond acceptors (Lipinski definition) is 10. The number of hydrazine groups is 1. The normalized spacial score (nSPS) is 25.1. The number of methoxy groups -OCH3 is 1. The first-order valence-electron chi connectivity index (χ1n) is 17.6. The molecule has 0 radical (unpaired) electrons. The number of amides is 4. The average molecular weight is 980 g/mol. The third-order valence-electron chi connectivity index (χ3n) is 11.6. The lowest BCUT2D eigenvalue weighted by Crippen LogP contribution is -2.53. The zero-order valence-corrected chi connectivity index (χ0v) is 34.7. The van der Waals surface area contributed by atoms with Gasteiger partial charge < -0.3 is 9.84 Å². The van der Waals surface area contributed by atoms with Crippen LogP contribution in [0, 0.1) is 33.8 Å². The molecule has 3 heterocycles. The lowest BCUT2D eigenvalue weighted by atomic mass is 9.49. The number of benzene rings is 3. The minimum Gasteiger partial charge on any atom is -0.503 e. The molecule has 59 heavy (non-hydrogen) atoms. The number of non-ortho nitro benzene ring substituents is 1. The summed E-state index contributed by atoms with van der Waals surface area (Å²) >= 11 is 19.6. The maximum Gasteiger partial charge on any atom is 0.417 e. The van der Waals surface area contributed by atoms with E-state index in [2.05, 4.69) is 42.3 Å². The Labute approximate surface area is 358 Å². The Morgan fingerprint density at radius 2 is 1.66 bits per heavy atom. The molecule has 4 aromatic rings. The molecule has 2 aliphatic heterocycles. The molecule has 6 atom stereocenters. The molecule has 0 spiro atoms. The highest BCUT2D eigenvalue weighted by Gasteiger charge is 2.71. The summed E-state index contributed by atoms with van der Waals surface area (Å²) in [5.74, 6) is -8.87. The number of nitrogens with zero attached hydrogens (tertiary/aromatic N) is 4. The summed E-state index contributed by atoms with van der Waals surface area (Å²) in [7, 11) is 1.32. The highest BCUT2D eigenvalue weighted by atomic mass is 79.9. The van der Waals surface area contributed by atoms with Gasteiger partial charge in [-0.2, -0.15) is 18.2 Å². The topological polar surface area (TPSA) is 172 Å². The molecule has 4 amide bonds. The summed E-state index contributed by atoms with van der Waals surface area (Å²) < 4.78 is 46.5. The third-order valence-corrected chi connectivity index (χ3v) is 14.3. The zero-order chi connectivity index (χ0) is 42.5. The Balaban J connectivity index is 1.33. The second kappa shape index (κ2) is 14.6. The van der Waals surface area contributed by atoms with Crippen molar-refractivity contribution in [2.75, 3.05) is 17.4 Å². The van der Waals surface area contributed by atoms with Gasteiger partial charge in [-0.25, -0.2) is 4.98 Å². The molecular weight excluding hydrogens is 954 g/mol. The molecule has 13 nitrogen and oxygen atoms in total. The Morgan fingerprint density at radius 1 is 0.983 bits per heavy atom. The molecule has 20 heteroatoms. The first-order valence-corrected chi connectivity index (χ1v) is 20.0. The van der Waals surface area contributed by atoms with Crippen molar-refractivity contribution in [3.05, 3.63) is 124 Å². The van der Waals surface area contributed by atoms with E-state index in [1.54, 1.807) is 18.2 Å². The fourth-order valence-corrected chi connectivity index (χ4v) is 10.4. The Bertz CT molecular complexity index is 2550. The van der Waals surface area contributed by atoms with Crippen LogP contribution in [0.25, 0.3) is 0 Å². The number of alkyl halides is 3. The van der Waals surface area contributed by atoms with Gasteiger partial charge in [-0.1, -0.05) is 47.0 Å². The number of pyridine rings is 1. The van der Waals surface area contributed by atoms with Crippen molar-refractivity contribution in [2.45, 2.75) is 30.4 Å². The molecule has 0 bridgehead atoms. The average Bonchev–Trinajstić information content (AvgIpc) is 3.58. The van der Waals surface area contributed by atoms with Gasteiger partial charge in [0.2, 0.25) is 11.8 Å². The molecule has 4 aliphatic rings. The van der Waals surface area contributed by atoms with Gasteiger partial charge in [-0.15, -0.1) is 0 Å². The number of carbonyl (C=O) groups is 4. The summed E-state index contributed by atoms with van der Waals surface area (Å²) in [5.41, 5.74) is 0.549. The van der Waals surface area contributed by atoms with E-state index in [0.29, 0.717) is 39.0 Å². The van der Waals surface area contributed by atoms with Crippen LogP contribution in [0.3, 0.4) is 0 Å². The quantitative estimate of drug-likeness (QED) is 0.0790. The summed E-state index contributed by atoms with van der Waals surface area (Å²) in [6, 6.07) is 13.3. The lowest BCUT2D eigenvalue weighted by molar-refractivity contribution is -0.384. The summed E-state index contributed by atoms with van der Waals surface area (Å²) in [6.07, 6.45) is -2.65. The van der Waals surface area contributed by atoms with Crippen molar-refractivity contribution in [2.24, 2.45) is 23.7 Å². The van der Waals surface area contributed by atoms with Gasteiger partial charge in [0, 0.05) is 33.7 Å². The van der Waals surface area contributed by atoms with Crippen LogP contribution >= 0.6 is 55.1 Å². The van der Waals surface area contributed by atoms with E-state index in [-0.39, 0.29) is 44.7 Å². The summed E-state index contributed by atoms with van der Waals surface area (Å²) in [6.45, 7) is 0. The van der Waals surface area contributed by atoms with Gasteiger partial charge in [0.05, 0.1) is 55.9 Å². The fourth-order valence-electron chi connectivity index (χ4n) is 9.08. The van der Waals surface area contributed by atoms with E-state index >= 15 is 4.79 Å². The van der Waals surface area contributed by atoms with Crippen LogP contribution in [-0.2, 0) is 30.8 Å². The second-order valence-corrected chi connectivity index (χ2v) is 16.8. The minimum atomic E-state index is -4.79. The number of aromatic hydroxyl groups is 1. The molecular formula is C39H26Br2Cl2F3N5O8. The van der Waals surface area contributed by atoms with Crippen molar-refractivity contribution in [3.63, 3.8) is 0 Å². The van der Waals surface area contributed by atoms with Gasteiger partial charge in [-0.3, -0.25) is 39.6 Å². The lowest BCUT2D eigenvalue weighted by Gasteiger charge is -2.51. The third kappa shape index (κ3) is 6.20. The highest BCUT2D eigenvalue weighted by molar-refractivity contribution is 9.13. The predicted molar refractivity (Wildman–Crippen MR) is 213 cm³/mol. The van der Waals surface area contributed by atoms with E-state index in [4.69, 9.17) is 27.9 Å². The van der Waals surface area contributed by atoms with Gasteiger partial charge in [-0.05, 0) is 98.1 Å². The van der Waals surface area contributed by atoms with E-state index in [9.17, 15) is 42.8 Å². The van der Waals surface area contributed by atoms with E-state index in [0.717, 1.165) is 4.90 Å². The molecule has 2 N–H and O–H groups in total. The number of hydrogen-bond donors (Lipinski definition) is 2. The smallest absolute Gasteiger partial charge is 0.417 e. The van der Waals surface area contributed by atoms with Gasteiger partial charge in [0.1, 0.15) is 0 Å². The van der Waals surface area contributed by atoms with Gasteiger partial charge in [0.15, 0.2) is 17.3 Å². The van der Waals surface area contributed by atoms with E-state index in [1.165, 1.54) is 49.6 Å². The number of nitro groups is 1. The highest BCUT2D eigenvalue weighted by Crippen LogP contribution is 2.66. The molecule has 304 valence electrons. The van der Waals surface area contributed by atoms with Crippen LogP contribution in [0.5, 0.6) is 11.5 Å². The summed E-state index contributed by atoms with van der Waals surface area (Å²) in [5, 5.41) is 22.8. The number of nitrogens with one attached hydrogen (secondary N) is 1. The molecule has 2 aliphatic carbocycles. The van der Waals surface area contributed by atoms with Crippen molar-refractivity contribution < 1.29 is 47.1 Å². The van der Waals surface area contributed by atoms with Crippen molar-refractivity contribution >= 4 is 95.9 Å². The first-order chi connectivity index (χ1) is 27.9. The molecule has 1 saturated carbocycles. The minimum absolute atomic E-state index is 0.0155. The number of halogens is 7. The standard InChI is InChI=1S/C39H26Br2Cl2F3N5O8/c1-59-27-14-24(30(40)31(41)32(27)52)29-21-10-11-22-28(36(55)49(34(22)53)19-6-8-20(9-7-19)51(57)58)23(21)13-25-35(54)50(37(56)38(25,29)16-2-4-18(42)5-3-16)48-33-26(43)12-17(15-47-33)39(44,45)46/h2-10,12,14-15,22-23,25,28-29,52H,11,13H2,1H3,(H,47,48). The maximum absolute atomic E-state index is 15.5.